The molecule has 3 aromatic rings. The third kappa shape index (κ3) is 3.77. The van der Waals surface area contributed by atoms with Gasteiger partial charge in [0.05, 0.1) is 17.1 Å². The van der Waals surface area contributed by atoms with Crippen LogP contribution in [0.1, 0.15) is 62.4 Å². The van der Waals surface area contributed by atoms with E-state index < -0.39 is 0 Å². The van der Waals surface area contributed by atoms with E-state index in [9.17, 15) is 4.79 Å². The minimum Gasteiger partial charge on any atom is -0.346 e. The predicted molar refractivity (Wildman–Crippen MR) is 122 cm³/mol. The lowest BCUT2D eigenvalue weighted by molar-refractivity contribution is -0.130. The molecule has 0 saturated heterocycles. The fourth-order valence-corrected chi connectivity index (χ4v) is 7.30. The minimum absolute atomic E-state index is 0.142. The first kappa shape index (κ1) is 19.1. The van der Waals surface area contributed by atoms with E-state index in [1.165, 1.54) is 44.1 Å². The van der Waals surface area contributed by atoms with Crippen molar-refractivity contribution in [2.45, 2.75) is 57.4 Å². The zero-order chi connectivity index (χ0) is 20.8. The maximum Gasteiger partial charge on any atom is 0.221 e. The van der Waals surface area contributed by atoms with Gasteiger partial charge in [0.1, 0.15) is 5.82 Å². The van der Waals surface area contributed by atoms with Crippen molar-refractivity contribution in [2.75, 3.05) is 0 Å². The lowest BCUT2D eigenvalue weighted by Gasteiger charge is -2.56. The van der Waals surface area contributed by atoms with Crippen molar-refractivity contribution in [3.63, 3.8) is 0 Å². The second-order valence-electron chi connectivity index (χ2n) is 10.5. The number of hydrogen-bond donors (Lipinski definition) is 2. The van der Waals surface area contributed by atoms with Gasteiger partial charge < -0.3 is 10.3 Å². The average molecular weight is 414 g/mol. The van der Waals surface area contributed by atoms with Gasteiger partial charge in [0.15, 0.2) is 0 Å². The summed E-state index contributed by atoms with van der Waals surface area (Å²) in [4.78, 5) is 21.6. The molecular formula is C27H31N3O. The van der Waals surface area contributed by atoms with Crippen molar-refractivity contribution >= 4 is 16.9 Å². The topological polar surface area (TPSA) is 57.8 Å². The Morgan fingerprint density at radius 2 is 1.61 bits per heavy atom. The number of H-pyrrole nitrogens is 1. The first-order chi connectivity index (χ1) is 15.1. The van der Waals surface area contributed by atoms with Crippen molar-refractivity contribution in [3.05, 3.63) is 66.0 Å². The largest absolute Gasteiger partial charge is 0.346 e. The number of benzene rings is 2. The molecular weight excluding hydrogens is 382 g/mol. The van der Waals surface area contributed by atoms with Gasteiger partial charge >= 0.3 is 0 Å². The van der Waals surface area contributed by atoms with Crippen LogP contribution in [0.5, 0.6) is 0 Å². The number of nitrogens with zero attached hydrogens (tertiary/aromatic N) is 1. The highest BCUT2D eigenvalue weighted by Crippen LogP contribution is 2.61. The van der Waals surface area contributed by atoms with Crippen LogP contribution in [-0.4, -0.2) is 15.9 Å². The van der Waals surface area contributed by atoms with Gasteiger partial charge in [0.25, 0.3) is 0 Å². The van der Waals surface area contributed by atoms with Gasteiger partial charge in [0, 0.05) is 6.42 Å². The van der Waals surface area contributed by atoms with E-state index in [4.69, 9.17) is 4.98 Å². The van der Waals surface area contributed by atoms with Crippen molar-refractivity contribution in [1.82, 2.24) is 15.3 Å². The maximum absolute atomic E-state index is 13.4. The number of rotatable bonds is 6. The van der Waals surface area contributed by atoms with Crippen LogP contribution in [0.4, 0.5) is 0 Å². The fraction of sp³-hybridized carbons (Fsp3) is 0.481. The highest BCUT2D eigenvalue weighted by atomic mass is 16.1. The Morgan fingerprint density at radius 1 is 0.968 bits per heavy atom. The van der Waals surface area contributed by atoms with E-state index >= 15 is 0 Å². The van der Waals surface area contributed by atoms with Crippen molar-refractivity contribution < 1.29 is 4.79 Å². The highest BCUT2D eigenvalue weighted by molar-refractivity contribution is 5.78. The molecule has 4 aliphatic carbocycles. The summed E-state index contributed by atoms with van der Waals surface area (Å²) in [6.07, 6.45) is 9.46. The Labute approximate surface area is 183 Å². The normalized spacial score (nSPS) is 29.9. The molecule has 4 nitrogen and oxygen atoms in total. The number of carbonyl (C=O) groups is 1. The Bertz CT molecular complexity index is 1020. The number of aromatic nitrogens is 2. The molecule has 4 bridgehead atoms. The summed E-state index contributed by atoms with van der Waals surface area (Å²) in [5.74, 6) is 3.66. The molecule has 0 spiro atoms. The van der Waals surface area contributed by atoms with Gasteiger partial charge in [-0.1, -0.05) is 42.5 Å². The van der Waals surface area contributed by atoms with E-state index in [2.05, 4.69) is 34.6 Å². The molecule has 4 saturated carbocycles. The third-order valence-electron chi connectivity index (χ3n) is 8.06. The number of imidazole rings is 1. The summed E-state index contributed by atoms with van der Waals surface area (Å²) < 4.78 is 0. The van der Waals surface area contributed by atoms with E-state index in [1.807, 2.05) is 30.3 Å². The Kier molecular flexibility index (Phi) is 4.62. The van der Waals surface area contributed by atoms with Gasteiger partial charge in [-0.15, -0.1) is 0 Å². The summed E-state index contributed by atoms with van der Waals surface area (Å²) in [5.41, 5.74) is 3.43. The number of carbonyl (C=O) groups excluding carboxylic acids is 1. The number of aromatic amines is 1. The van der Waals surface area contributed by atoms with Crippen LogP contribution in [0.3, 0.4) is 0 Å². The van der Waals surface area contributed by atoms with Gasteiger partial charge in [0.2, 0.25) is 5.91 Å². The van der Waals surface area contributed by atoms with Crippen LogP contribution in [0.2, 0.25) is 0 Å². The molecule has 2 N–H and O–H groups in total. The Balaban J connectivity index is 1.23. The van der Waals surface area contributed by atoms with Crippen LogP contribution in [0, 0.1) is 23.2 Å². The SMILES string of the molecule is O=C(CC12CC3CC(CC(C3)C1)C2)N[C@@H](Cc1ccccc1)c1nc2ccccc2[nH]1. The first-order valence-electron chi connectivity index (χ1n) is 11.9. The fourth-order valence-electron chi connectivity index (χ4n) is 7.30. The second-order valence-corrected chi connectivity index (χ2v) is 10.5. The molecule has 4 aliphatic rings. The number of fused-ring (bicyclic) bond motifs is 1. The van der Waals surface area contributed by atoms with E-state index in [1.54, 1.807) is 0 Å². The molecule has 2 aromatic carbocycles. The average Bonchev–Trinajstić information content (AvgIpc) is 3.17. The number of nitrogens with one attached hydrogen (secondary N) is 2. The maximum atomic E-state index is 13.4. The minimum atomic E-state index is -0.142. The standard InChI is InChI=1S/C27H31N3O/c31-25(17-27-14-19-10-20(15-27)12-21(11-19)16-27)28-24(13-18-6-2-1-3-7-18)26-29-22-8-4-5-9-23(22)30-26/h1-9,19-21,24H,10-17H2,(H,28,31)(H,29,30)/t19?,20?,21?,24-,27?/m0/s1. The van der Waals surface area contributed by atoms with E-state index in [-0.39, 0.29) is 17.4 Å². The molecule has 1 aromatic heterocycles. The monoisotopic (exact) mass is 413 g/mol. The summed E-state index contributed by atoms with van der Waals surface area (Å²) in [6.45, 7) is 0. The van der Waals surface area contributed by atoms with Crippen molar-refractivity contribution in [3.8, 4) is 0 Å². The van der Waals surface area contributed by atoms with E-state index in [0.717, 1.165) is 41.0 Å². The molecule has 160 valence electrons. The second kappa shape index (κ2) is 7.51. The van der Waals surface area contributed by atoms with Crippen LogP contribution >= 0.6 is 0 Å². The quantitative estimate of drug-likeness (QED) is 0.555. The van der Waals surface area contributed by atoms with Crippen LogP contribution in [-0.2, 0) is 11.2 Å². The van der Waals surface area contributed by atoms with Crippen molar-refractivity contribution in [2.24, 2.45) is 23.2 Å². The van der Waals surface area contributed by atoms with Gasteiger partial charge in [-0.3, -0.25) is 4.79 Å². The van der Waals surface area contributed by atoms with E-state index in [0.29, 0.717) is 6.42 Å². The van der Waals surface area contributed by atoms with Crippen LogP contribution in [0.25, 0.3) is 11.0 Å². The van der Waals surface area contributed by atoms with Gasteiger partial charge in [-0.05, 0) is 85.8 Å². The van der Waals surface area contributed by atoms with Crippen LogP contribution < -0.4 is 5.32 Å². The molecule has 31 heavy (non-hydrogen) atoms. The smallest absolute Gasteiger partial charge is 0.221 e. The zero-order valence-electron chi connectivity index (χ0n) is 18.0. The molecule has 1 atom stereocenters. The van der Waals surface area contributed by atoms with Crippen LogP contribution in [0.15, 0.2) is 54.6 Å². The lowest BCUT2D eigenvalue weighted by atomic mass is 9.49. The van der Waals surface area contributed by atoms with Crippen molar-refractivity contribution in [1.29, 1.82) is 0 Å². The molecule has 0 aliphatic heterocycles. The summed E-state index contributed by atoms with van der Waals surface area (Å²) >= 11 is 0. The first-order valence-corrected chi connectivity index (χ1v) is 11.9. The predicted octanol–water partition coefficient (Wildman–Crippen LogP) is 5.57. The highest BCUT2D eigenvalue weighted by Gasteiger charge is 2.51. The molecule has 1 heterocycles. The Morgan fingerprint density at radius 3 is 2.29 bits per heavy atom. The summed E-state index contributed by atoms with van der Waals surface area (Å²) in [7, 11) is 0. The van der Waals surface area contributed by atoms with Gasteiger partial charge in [-0.25, -0.2) is 4.98 Å². The summed E-state index contributed by atoms with van der Waals surface area (Å²) in [5, 5.41) is 3.39. The lowest BCUT2D eigenvalue weighted by Crippen LogP contribution is -2.48. The molecule has 0 radical (unpaired) electrons. The number of para-hydroxylation sites is 2. The zero-order valence-corrected chi connectivity index (χ0v) is 18.0. The molecule has 4 fully saturated rings. The third-order valence-corrected chi connectivity index (χ3v) is 8.06. The Hall–Kier alpha value is -2.62. The number of hydrogen-bond acceptors (Lipinski definition) is 2. The molecule has 1 amide bonds. The number of amides is 1. The molecule has 7 rings (SSSR count). The molecule has 4 heteroatoms. The summed E-state index contributed by atoms with van der Waals surface area (Å²) in [6, 6.07) is 18.3. The molecule has 0 unspecified atom stereocenters. The van der Waals surface area contributed by atoms with Gasteiger partial charge in [-0.2, -0.15) is 0 Å².